The summed E-state index contributed by atoms with van der Waals surface area (Å²) in [6.45, 7) is 4.47. The fraction of sp³-hybridized carbons (Fsp3) is 0.174. The number of ether oxygens (including phenoxy) is 2. The molecule has 0 N–H and O–H groups in total. The van der Waals surface area contributed by atoms with Gasteiger partial charge >= 0.3 is 0 Å². The first kappa shape index (κ1) is 17.7. The zero-order valence-corrected chi connectivity index (χ0v) is 15.1. The largest absolute Gasteiger partial charge is 0.489 e. The van der Waals surface area contributed by atoms with Crippen LogP contribution < -0.4 is 9.47 Å². The number of benzene rings is 3. The van der Waals surface area contributed by atoms with Crippen LogP contribution in [-0.2, 0) is 13.0 Å². The summed E-state index contributed by atoms with van der Waals surface area (Å²) < 4.78 is 11.8. The molecule has 0 atom stereocenters. The third kappa shape index (κ3) is 4.31. The van der Waals surface area contributed by atoms with Crippen LogP contribution in [0.3, 0.4) is 0 Å². The molecular formula is C23H22O3. The third-order valence-corrected chi connectivity index (χ3v) is 4.23. The number of aryl methyl sites for hydroxylation is 2. The molecule has 0 heterocycles. The van der Waals surface area contributed by atoms with E-state index in [0.717, 1.165) is 46.5 Å². The SMILES string of the molecule is CCc1cc(Oc2cccc(OCc3ccccc3)c2)cc(C)c1C=O. The van der Waals surface area contributed by atoms with Gasteiger partial charge in [0.15, 0.2) is 6.29 Å². The summed E-state index contributed by atoms with van der Waals surface area (Å²) in [5, 5.41) is 0. The van der Waals surface area contributed by atoms with E-state index in [2.05, 4.69) is 0 Å². The number of carbonyl (C=O) groups is 1. The van der Waals surface area contributed by atoms with E-state index in [4.69, 9.17) is 9.47 Å². The van der Waals surface area contributed by atoms with Crippen molar-refractivity contribution in [1.82, 2.24) is 0 Å². The molecular weight excluding hydrogens is 324 g/mol. The van der Waals surface area contributed by atoms with Crippen molar-refractivity contribution in [2.45, 2.75) is 26.9 Å². The highest BCUT2D eigenvalue weighted by Crippen LogP contribution is 2.29. The van der Waals surface area contributed by atoms with Gasteiger partial charge in [-0.15, -0.1) is 0 Å². The lowest BCUT2D eigenvalue weighted by Crippen LogP contribution is -1.97. The molecule has 0 spiro atoms. The van der Waals surface area contributed by atoms with E-state index in [-0.39, 0.29) is 0 Å². The van der Waals surface area contributed by atoms with Gasteiger partial charge in [-0.1, -0.05) is 43.3 Å². The second-order valence-electron chi connectivity index (χ2n) is 6.14. The molecule has 0 unspecified atom stereocenters. The van der Waals surface area contributed by atoms with Crippen LogP contribution in [0.2, 0.25) is 0 Å². The number of rotatable bonds is 7. The van der Waals surface area contributed by atoms with E-state index in [9.17, 15) is 4.79 Å². The Labute approximate surface area is 154 Å². The Hall–Kier alpha value is -3.07. The van der Waals surface area contributed by atoms with E-state index >= 15 is 0 Å². The fourth-order valence-electron chi connectivity index (χ4n) is 2.86. The minimum Gasteiger partial charge on any atom is -0.489 e. The first-order valence-electron chi connectivity index (χ1n) is 8.73. The van der Waals surface area contributed by atoms with Crippen LogP contribution in [-0.4, -0.2) is 6.29 Å². The topological polar surface area (TPSA) is 35.5 Å². The van der Waals surface area contributed by atoms with Gasteiger partial charge in [0.05, 0.1) is 0 Å². The van der Waals surface area contributed by atoms with E-state index in [1.54, 1.807) is 0 Å². The van der Waals surface area contributed by atoms with Crippen LogP contribution >= 0.6 is 0 Å². The third-order valence-electron chi connectivity index (χ3n) is 4.23. The zero-order valence-electron chi connectivity index (χ0n) is 15.1. The molecule has 132 valence electrons. The van der Waals surface area contributed by atoms with E-state index in [0.29, 0.717) is 12.4 Å². The number of hydrogen-bond acceptors (Lipinski definition) is 3. The molecule has 3 aromatic rings. The average Bonchev–Trinajstić information content (AvgIpc) is 2.67. The van der Waals surface area contributed by atoms with Crippen LogP contribution in [0.1, 0.15) is 34.0 Å². The van der Waals surface area contributed by atoms with Gasteiger partial charge in [0, 0.05) is 11.6 Å². The number of hydrogen-bond donors (Lipinski definition) is 0. The highest BCUT2D eigenvalue weighted by molar-refractivity contribution is 5.80. The first-order chi connectivity index (χ1) is 12.7. The maximum absolute atomic E-state index is 11.3. The molecule has 0 aliphatic heterocycles. The molecule has 0 aliphatic rings. The van der Waals surface area contributed by atoms with Crippen molar-refractivity contribution in [3.8, 4) is 17.2 Å². The van der Waals surface area contributed by atoms with E-state index in [1.807, 2.05) is 80.6 Å². The van der Waals surface area contributed by atoms with Gasteiger partial charge < -0.3 is 9.47 Å². The van der Waals surface area contributed by atoms with E-state index < -0.39 is 0 Å². The molecule has 0 bridgehead atoms. The molecule has 0 saturated carbocycles. The quantitative estimate of drug-likeness (QED) is 0.512. The molecule has 0 saturated heterocycles. The van der Waals surface area contributed by atoms with E-state index in [1.165, 1.54) is 0 Å². The summed E-state index contributed by atoms with van der Waals surface area (Å²) in [5.74, 6) is 2.18. The minimum atomic E-state index is 0.511. The summed E-state index contributed by atoms with van der Waals surface area (Å²) in [5.41, 5.74) is 3.78. The zero-order chi connectivity index (χ0) is 18.4. The maximum atomic E-state index is 11.3. The van der Waals surface area contributed by atoms with Crippen molar-refractivity contribution in [1.29, 1.82) is 0 Å². The predicted octanol–water partition coefficient (Wildman–Crippen LogP) is 5.74. The maximum Gasteiger partial charge on any atom is 0.150 e. The lowest BCUT2D eigenvalue weighted by atomic mass is 10.0. The van der Waals surface area contributed by atoms with Crippen LogP contribution in [0.15, 0.2) is 66.7 Å². The van der Waals surface area contributed by atoms with Crippen LogP contribution in [0.25, 0.3) is 0 Å². The second kappa shape index (κ2) is 8.34. The minimum absolute atomic E-state index is 0.511. The summed E-state index contributed by atoms with van der Waals surface area (Å²) in [7, 11) is 0. The molecule has 0 fully saturated rings. The Morgan fingerprint density at radius 2 is 1.65 bits per heavy atom. The van der Waals surface area contributed by atoms with Gasteiger partial charge in [0.2, 0.25) is 0 Å². The van der Waals surface area contributed by atoms with Crippen LogP contribution in [0.5, 0.6) is 17.2 Å². The normalized spacial score (nSPS) is 10.4. The molecule has 0 amide bonds. The van der Waals surface area contributed by atoms with Crippen molar-refractivity contribution in [2.24, 2.45) is 0 Å². The van der Waals surface area contributed by atoms with Crippen molar-refractivity contribution in [2.75, 3.05) is 0 Å². The number of aldehydes is 1. The Morgan fingerprint density at radius 1 is 0.885 bits per heavy atom. The molecule has 3 rings (SSSR count). The van der Waals surface area contributed by atoms with Crippen molar-refractivity contribution in [3.05, 3.63) is 89.0 Å². The molecule has 26 heavy (non-hydrogen) atoms. The molecule has 0 radical (unpaired) electrons. The summed E-state index contributed by atoms with van der Waals surface area (Å²) in [6.07, 6.45) is 1.70. The average molecular weight is 346 g/mol. The molecule has 0 aliphatic carbocycles. The van der Waals surface area contributed by atoms with Gasteiger partial charge in [-0.3, -0.25) is 4.79 Å². The molecule has 3 nitrogen and oxygen atoms in total. The summed E-state index contributed by atoms with van der Waals surface area (Å²) >= 11 is 0. The van der Waals surface area contributed by atoms with Gasteiger partial charge in [0.25, 0.3) is 0 Å². The number of carbonyl (C=O) groups excluding carboxylic acids is 1. The summed E-state index contributed by atoms with van der Waals surface area (Å²) in [4.78, 5) is 11.3. The fourth-order valence-corrected chi connectivity index (χ4v) is 2.86. The Kier molecular flexibility index (Phi) is 5.69. The Bertz CT molecular complexity index is 885. The lowest BCUT2D eigenvalue weighted by Gasteiger charge is -2.12. The van der Waals surface area contributed by atoms with Gasteiger partial charge in [-0.2, -0.15) is 0 Å². The van der Waals surface area contributed by atoms with Gasteiger partial charge in [0.1, 0.15) is 23.9 Å². The molecule has 3 heteroatoms. The van der Waals surface area contributed by atoms with Crippen molar-refractivity contribution in [3.63, 3.8) is 0 Å². The first-order valence-corrected chi connectivity index (χ1v) is 8.73. The standard InChI is InChI=1S/C23H22O3/c1-3-19-13-22(12-17(2)23(19)15-24)26-21-11-7-10-20(14-21)25-16-18-8-5-4-6-9-18/h4-15H,3,16H2,1-2H3. The van der Waals surface area contributed by atoms with Crippen LogP contribution in [0.4, 0.5) is 0 Å². The highest BCUT2D eigenvalue weighted by atomic mass is 16.5. The highest BCUT2D eigenvalue weighted by Gasteiger charge is 2.08. The summed E-state index contributed by atoms with van der Waals surface area (Å²) in [6, 6.07) is 21.4. The van der Waals surface area contributed by atoms with Gasteiger partial charge in [-0.05, 0) is 54.3 Å². The Morgan fingerprint density at radius 3 is 2.38 bits per heavy atom. The second-order valence-corrected chi connectivity index (χ2v) is 6.14. The molecule has 0 aromatic heterocycles. The Balaban J connectivity index is 1.74. The molecule has 3 aromatic carbocycles. The van der Waals surface area contributed by atoms with Crippen molar-refractivity contribution < 1.29 is 14.3 Å². The van der Waals surface area contributed by atoms with Crippen molar-refractivity contribution >= 4 is 6.29 Å². The smallest absolute Gasteiger partial charge is 0.150 e. The monoisotopic (exact) mass is 346 g/mol. The predicted molar refractivity (Wildman–Crippen MR) is 103 cm³/mol. The van der Waals surface area contributed by atoms with Crippen LogP contribution in [0, 0.1) is 6.92 Å². The van der Waals surface area contributed by atoms with Gasteiger partial charge in [-0.25, -0.2) is 0 Å². The lowest BCUT2D eigenvalue weighted by molar-refractivity contribution is 0.112.